The molecular weight excluding hydrogens is 404 g/mol. The van der Waals surface area contributed by atoms with Crippen LogP contribution < -0.4 is 15.0 Å². The van der Waals surface area contributed by atoms with Crippen molar-refractivity contribution in [3.63, 3.8) is 0 Å². The zero-order valence-corrected chi connectivity index (χ0v) is 18.2. The van der Waals surface area contributed by atoms with Gasteiger partial charge in [0.2, 0.25) is 0 Å². The highest BCUT2D eigenvalue weighted by molar-refractivity contribution is 6.10. The summed E-state index contributed by atoms with van der Waals surface area (Å²) in [6, 6.07) is 36.4. The minimum atomic E-state index is 0.193. The van der Waals surface area contributed by atoms with Gasteiger partial charge in [-0.1, -0.05) is 66.7 Å². The fourth-order valence-electron chi connectivity index (χ4n) is 5.32. The summed E-state index contributed by atoms with van der Waals surface area (Å²) in [7, 11) is 0. The Labute approximate surface area is 192 Å². The van der Waals surface area contributed by atoms with E-state index >= 15 is 0 Å². The molecule has 1 atom stereocenters. The highest BCUT2D eigenvalue weighted by atomic mass is 16.5. The molecule has 3 heteroatoms. The minimum Gasteiger partial charge on any atom is -0.456 e. The Balaban J connectivity index is 1.40. The van der Waals surface area contributed by atoms with Crippen molar-refractivity contribution < 1.29 is 4.74 Å². The highest BCUT2D eigenvalue weighted by Gasteiger charge is 2.27. The third-order valence-electron chi connectivity index (χ3n) is 6.75. The maximum atomic E-state index is 6.28. The van der Waals surface area contributed by atoms with Crippen molar-refractivity contribution in [3.8, 4) is 33.8 Å². The molecule has 0 fully saturated rings. The molecule has 0 aromatic heterocycles. The van der Waals surface area contributed by atoms with Gasteiger partial charge in [0, 0.05) is 16.6 Å². The quantitative estimate of drug-likeness (QED) is 0.302. The number of nitrogens with zero attached hydrogens (tertiary/aromatic N) is 1. The van der Waals surface area contributed by atoms with Crippen LogP contribution in [0.4, 0.5) is 17.1 Å². The minimum absolute atomic E-state index is 0.193. The molecule has 0 amide bonds. The van der Waals surface area contributed by atoms with Crippen LogP contribution in [0.3, 0.4) is 0 Å². The number of hydrogen-bond acceptors (Lipinski definition) is 3. The monoisotopic (exact) mass is 426 g/mol. The first-order valence-corrected chi connectivity index (χ1v) is 11.4. The number of fused-ring (bicyclic) bond motifs is 3. The molecule has 0 bridgehead atoms. The smallest absolute Gasteiger partial charge is 0.135 e. The molecule has 2 aliphatic heterocycles. The number of nitrogens with one attached hydrogen (secondary N) is 1. The van der Waals surface area contributed by atoms with Gasteiger partial charge in [0.05, 0.1) is 11.4 Å². The zero-order valence-electron chi connectivity index (χ0n) is 18.2. The molecule has 0 saturated heterocycles. The predicted octanol–water partition coefficient (Wildman–Crippen LogP) is 8.19. The van der Waals surface area contributed by atoms with Crippen LogP contribution in [0.5, 0.6) is 11.5 Å². The first-order chi connectivity index (χ1) is 16.3. The summed E-state index contributed by atoms with van der Waals surface area (Å²) in [5.74, 6) is 1.84. The van der Waals surface area contributed by atoms with Crippen LogP contribution in [0.25, 0.3) is 33.0 Å². The van der Waals surface area contributed by atoms with Crippen LogP contribution in [-0.2, 0) is 0 Å². The SMILES string of the molecule is CC1Nc2ccccc2N1c1cccc(-c2ccc3c4c(cccc24)-c2ccccc2O3)c1. The Bertz CT molecular complexity index is 1550. The van der Waals surface area contributed by atoms with E-state index in [-0.39, 0.29) is 6.17 Å². The molecular formula is C30H22N2O. The lowest BCUT2D eigenvalue weighted by molar-refractivity contribution is 0.487. The molecule has 0 saturated carbocycles. The van der Waals surface area contributed by atoms with E-state index in [0.29, 0.717) is 0 Å². The molecule has 5 aromatic carbocycles. The van der Waals surface area contributed by atoms with Crippen molar-refractivity contribution in [2.75, 3.05) is 10.2 Å². The van der Waals surface area contributed by atoms with Crippen LogP contribution in [0.2, 0.25) is 0 Å². The van der Waals surface area contributed by atoms with E-state index in [1.165, 1.54) is 44.5 Å². The number of ether oxygens (including phenoxy) is 1. The van der Waals surface area contributed by atoms with Gasteiger partial charge in [-0.05, 0) is 65.4 Å². The lowest BCUT2D eigenvalue weighted by atomic mass is 9.90. The fourth-order valence-corrected chi connectivity index (χ4v) is 5.32. The largest absolute Gasteiger partial charge is 0.456 e. The van der Waals surface area contributed by atoms with Gasteiger partial charge in [-0.2, -0.15) is 0 Å². The summed E-state index contributed by atoms with van der Waals surface area (Å²) in [5.41, 5.74) is 8.36. The first-order valence-electron chi connectivity index (χ1n) is 11.4. The molecule has 0 spiro atoms. The highest BCUT2D eigenvalue weighted by Crippen LogP contribution is 2.49. The molecule has 7 rings (SSSR count). The molecule has 2 aliphatic rings. The maximum absolute atomic E-state index is 6.28. The van der Waals surface area contributed by atoms with Crippen LogP contribution in [-0.4, -0.2) is 6.17 Å². The van der Waals surface area contributed by atoms with E-state index in [0.717, 1.165) is 17.1 Å². The molecule has 33 heavy (non-hydrogen) atoms. The summed E-state index contributed by atoms with van der Waals surface area (Å²) < 4.78 is 6.28. The second kappa shape index (κ2) is 6.88. The predicted molar refractivity (Wildman–Crippen MR) is 137 cm³/mol. The van der Waals surface area contributed by atoms with E-state index in [9.17, 15) is 0 Å². The lowest BCUT2D eigenvalue weighted by Gasteiger charge is -2.25. The van der Waals surface area contributed by atoms with Crippen molar-refractivity contribution in [3.05, 3.63) is 103 Å². The van der Waals surface area contributed by atoms with Crippen molar-refractivity contribution in [2.24, 2.45) is 0 Å². The Morgan fingerprint density at radius 2 is 1.52 bits per heavy atom. The van der Waals surface area contributed by atoms with Gasteiger partial charge in [0.15, 0.2) is 0 Å². The summed E-state index contributed by atoms with van der Waals surface area (Å²) in [4.78, 5) is 2.36. The lowest BCUT2D eigenvalue weighted by Crippen LogP contribution is -2.28. The second-order valence-electron chi connectivity index (χ2n) is 8.70. The molecule has 0 radical (unpaired) electrons. The standard InChI is InChI=1S/C30H22N2O/c1-19-31-26-13-3-4-14-27(26)32(19)21-9-6-8-20(18-21)22-16-17-29-30-24(22)11-7-12-25(30)23-10-2-5-15-28(23)33-29/h2-19,31H,1H3. The molecule has 158 valence electrons. The molecule has 1 N–H and O–H groups in total. The average molecular weight is 427 g/mol. The fraction of sp³-hybridized carbons (Fsp3) is 0.0667. The van der Waals surface area contributed by atoms with Crippen molar-refractivity contribution >= 4 is 27.8 Å². The number of para-hydroxylation sites is 3. The van der Waals surface area contributed by atoms with Gasteiger partial charge in [-0.25, -0.2) is 0 Å². The first kappa shape index (κ1) is 18.3. The average Bonchev–Trinajstić information content (AvgIpc) is 3.20. The maximum Gasteiger partial charge on any atom is 0.135 e. The third-order valence-corrected chi connectivity index (χ3v) is 6.75. The summed E-state index contributed by atoms with van der Waals surface area (Å²) >= 11 is 0. The molecule has 0 aliphatic carbocycles. The number of anilines is 3. The zero-order chi connectivity index (χ0) is 21.9. The van der Waals surface area contributed by atoms with Crippen molar-refractivity contribution in [1.82, 2.24) is 0 Å². The Kier molecular flexibility index (Phi) is 3.82. The Morgan fingerprint density at radius 3 is 2.48 bits per heavy atom. The van der Waals surface area contributed by atoms with Crippen LogP contribution >= 0.6 is 0 Å². The number of hydrogen-bond donors (Lipinski definition) is 1. The van der Waals surface area contributed by atoms with E-state index in [1.54, 1.807) is 0 Å². The Hall–Kier alpha value is -4.24. The summed E-state index contributed by atoms with van der Waals surface area (Å²) in [6.07, 6.45) is 0.193. The van der Waals surface area contributed by atoms with Gasteiger partial charge < -0.3 is 15.0 Å². The van der Waals surface area contributed by atoms with Gasteiger partial charge in [0.25, 0.3) is 0 Å². The molecule has 1 unspecified atom stereocenters. The molecule has 3 nitrogen and oxygen atoms in total. The third kappa shape index (κ3) is 2.69. The van der Waals surface area contributed by atoms with E-state index in [2.05, 4.69) is 108 Å². The van der Waals surface area contributed by atoms with Gasteiger partial charge in [0.1, 0.15) is 17.7 Å². The van der Waals surface area contributed by atoms with Crippen molar-refractivity contribution in [1.29, 1.82) is 0 Å². The van der Waals surface area contributed by atoms with Crippen LogP contribution in [0.1, 0.15) is 6.92 Å². The van der Waals surface area contributed by atoms with Crippen molar-refractivity contribution in [2.45, 2.75) is 13.1 Å². The van der Waals surface area contributed by atoms with E-state index in [4.69, 9.17) is 4.74 Å². The summed E-state index contributed by atoms with van der Waals surface area (Å²) in [6.45, 7) is 2.20. The van der Waals surface area contributed by atoms with Crippen LogP contribution in [0, 0.1) is 0 Å². The molecule has 5 aromatic rings. The van der Waals surface area contributed by atoms with Gasteiger partial charge in [-0.3, -0.25) is 0 Å². The topological polar surface area (TPSA) is 24.5 Å². The van der Waals surface area contributed by atoms with E-state index in [1.807, 2.05) is 12.1 Å². The van der Waals surface area contributed by atoms with Gasteiger partial charge >= 0.3 is 0 Å². The van der Waals surface area contributed by atoms with Crippen LogP contribution in [0.15, 0.2) is 103 Å². The normalized spacial score (nSPS) is 15.5. The second-order valence-corrected chi connectivity index (χ2v) is 8.70. The summed E-state index contributed by atoms with van der Waals surface area (Å²) in [5, 5.41) is 5.98. The molecule has 2 heterocycles. The van der Waals surface area contributed by atoms with Gasteiger partial charge in [-0.15, -0.1) is 0 Å². The van der Waals surface area contributed by atoms with E-state index < -0.39 is 0 Å². The number of rotatable bonds is 2. The number of benzene rings is 5. The Morgan fingerprint density at radius 1 is 0.697 bits per heavy atom.